The molecule has 0 aliphatic carbocycles. The lowest BCUT2D eigenvalue weighted by atomic mass is 10.0. The molecule has 26 heavy (non-hydrogen) atoms. The zero-order valence-corrected chi connectivity index (χ0v) is 16.8. The van der Waals surface area contributed by atoms with Crippen LogP contribution in [0.4, 0.5) is 0 Å². The third-order valence-electron chi connectivity index (χ3n) is 3.83. The molecule has 0 aliphatic rings. The Balaban J connectivity index is 0.00000163. The summed E-state index contributed by atoms with van der Waals surface area (Å²) >= 11 is 0. The van der Waals surface area contributed by atoms with Crippen LogP contribution >= 0.6 is 0 Å². The van der Waals surface area contributed by atoms with E-state index in [0.717, 1.165) is 29.1 Å². The van der Waals surface area contributed by atoms with Crippen LogP contribution in [-0.2, 0) is 0 Å². The quantitative estimate of drug-likeness (QED) is 0.396. The summed E-state index contributed by atoms with van der Waals surface area (Å²) in [7, 11) is 0. The van der Waals surface area contributed by atoms with E-state index in [2.05, 4.69) is 32.6 Å². The van der Waals surface area contributed by atoms with Crippen molar-refractivity contribution in [1.82, 2.24) is 0 Å². The van der Waals surface area contributed by atoms with Crippen LogP contribution in [0.2, 0.25) is 0 Å². The van der Waals surface area contributed by atoms with E-state index in [1.165, 1.54) is 11.1 Å². The minimum atomic E-state index is 0.586. The largest absolute Gasteiger partial charge is 0.490 e. The Bertz CT molecular complexity index is 739. The molecule has 0 unspecified atom stereocenters. The smallest absolute Gasteiger partial charge is 0.119 e. The van der Waals surface area contributed by atoms with Crippen molar-refractivity contribution in [2.45, 2.75) is 41.0 Å². The Labute approximate surface area is 159 Å². The molecule has 0 fully saturated rings. The second-order valence-corrected chi connectivity index (χ2v) is 5.58. The Morgan fingerprint density at radius 1 is 1.08 bits per heavy atom. The van der Waals surface area contributed by atoms with E-state index in [1.54, 1.807) is 0 Å². The van der Waals surface area contributed by atoms with Crippen molar-refractivity contribution in [1.29, 1.82) is 0 Å². The van der Waals surface area contributed by atoms with Crippen LogP contribution in [0.3, 0.4) is 0 Å². The molecule has 2 aromatic rings. The number of hydrogen-bond acceptors (Lipinski definition) is 2. The highest BCUT2D eigenvalue weighted by atomic mass is 16.5. The molecule has 0 N–H and O–H groups in total. The number of benzene rings is 2. The van der Waals surface area contributed by atoms with Gasteiger partial charge in [-0.2, -0.15) is 0 Å². The molecular formula is C24H31NO. The summed E-state index contributed by atoms with van der Waals surface area (Å²) in [6, 6.07) is 16.2. The highest BCUT2D eigenvalue weighted by molar-refractivity contribution is 6.04. The van der Waals surface area contributed by atoms with E-state index in [4.69, 9.17) is 9.73 Å². The maximum Gasteiger partial charge on any atom is 0.119 e. The molecule has 0 atom stereocenters. The molecule has 0 bridgehead atoms. The second kappa shape index (κ2) is 11.9. The van der Waals surface area contributed by atoms with Crippen molar-refractivity contribution < 1.29 is 4.74 Å². The standard InChI is InChI=1S/C22H25NO.C2H6/c1-5-7-16-24-20-14-12-19(13-15-20)18(4)23-22(6-2)21-11-9-8-10-17(21)3;1-2/h5,7-15H,4,6,16H2,1-3H3;1-2H3/b7-5+,23-22?;. The van der Waals surface area contributed by atoms with Gasteiger partial charge in [0.1, 0.15) is 12.4 Å². The number of aryl methyl sites for hydroxylation is 1. The predicted molar refractivity (Wildman–Crippen MR) is 115 cm³/mol. The maximum absolute atomic E-state index is 5.62. The summed E-state index contributed by atoms with van der Waals surface area (Å²) in [6.45, 7) is 14.9. The Morgan fingerprint density at radius 3 is 2.31 bits per heavy atom. The molecule has 0 amide bonds. The molecule has 2 nitrogen and oxygen atoms in total. The van der Waals surface area contributed by atoms with Crippen molar-refractivity contribution >= 4 is 11.4 Å². The van der Waals surface area contributed by atoms with Gasteiger partial charge in [-0.15, -0.1) is 0 Å². The highest BCUT2D eigenvalue weighted by Crippen LogP contribution is 2.21. The Hall–Kier alpha value is -2.61. The van der Waals surface area contributed by atoms with Crippen molar-refractivity contribution in [3.05, 3.63) is 84.0 Å². The van der Waals surface area contributed by atoms with Crippen LogP contribution in [0, 0.1) is 6.92 Å². The van der Waals surface area contributed by atoms with E-state index in [1.807, 2.05) is 69.3 Å². The van der Waals surface area contributed by atoms with E-state index >= 15 is 0 Å². The van der Waals surface area contributed by atoms with E-state index in [-0.39, 0.29) is 0 Å². The molecular weight excluding hydrogens is 318 g/mol. The topological polar surface area (TPSA) is 21.6 Å². The minimum absolute atomic E-state index is 0.586. The highest BCUT2D eigenvalue weighted by Gasteiger charge is 2.06. The summed E-state index contributed by atoms with van der Waals surface area (Å²) in [5, 5.41) is 0. The summed E-state index contributed by atoms with van der Waals surface area (Å²) in [5.74, 6) is 0.850. The normalized spacial score (nSPS) is 11.0. The van der Waals surface area contributed by atoms with Gasteiger partial charge in [-0.3, -0.25) is 4.99 Å². The zero-order valence-electron chi connectivity index (χ0n) is 16.8. The molecule has 2 heteroatoms. The van der Waals surface area contributed by atoms with Gasteiger partial charge in [0.2, 0.25) is 0 Å². The number of nitrogens with zero attached hydrogens (tertiary/aromatic N) is 1. The van der Waals surface area contributed by atoms with Gasteiger partial charge in [-0.1, -0.05) is 63.8 Å². The third kappa shape index (κ3) is 6.36. The lowest BCUT2D eigenvalue weighted by Crippen LogP contribution is -2.02. The van der Waals surface area contributed by atoms with Crippen molar-refractivity contribution in [2.75, 3.05) is 6.61 Å². The van der Waals surface area contributed by atoms with Gasteiger partial charge >= 0.3 is 0 Å². The van der Waals surface area contributed by atoms with Crippen LogP contribution in [0.5, 0.6) is 5.75 Å². The van der Waals surface area contributed by atoms with E-state index in [0.29, 0.717) is 6.61 Å². The molecule has 0 saturated carbocycles. The lowest BCUT2D eigenvalue weighted by molar-refractivity contribution is 0.362. The minimum Gasteiger partial charge on any atom is -0.490 e. The molecule has 2 aromatic carbocycles. The maximum atomic E-state index is 5.62. The summed E-state index contributed by atoms with van der Waals surface area (Å²) in [6.07, 6.45) is 4.82. The van der Waals surface area contributed by atoms with E-state index in [9.17, 15) is 0 Å². The van der Waals surface area contributed by atoms with Gasteiger partial charge in [0.25, 0.3) is 0 Å². The summed E-state index contributed by atoms with van der Waals surface area (Å²) in [5.41, 5.74) is 5.26. The van der Waals surface area contributed by atoms with Crippen LogP contribution in [0.25, 0.3) is 5.70 Å². The SMILES string of the molecule is C=C(N=C(CC)c1ccccc1C)c1ccc(OC/C=C/C)cc1.CC. The molecule has 0 aromatic heterocycles. The number of aliphatic imine (C=N–C) groups is 1. The fraction of sp³-hybridized carbons (Fsp3) is 0.292. The second-order valence-electron chi connectivity index (χ2n) is 5.58. The first-order valence-electron chi connectivity index (χ1n) is 9.32. The average Bonchev–Trinajstić information content (AvgIpc) is 2.69. The van der Waals surface area contributed by atoms with Crippen molar-refractivity contribution in [2.24, 2.45) is 4.99 Å². The summed E-state index contributed by atoms with van der Waals surface area (Å²) in [4.78, 5) is 4.77. The monoisotopic (exact) mass is 349 g/mol. The Kier molecular flexibility index (Phi) is 9.78. The molecule has 0 spiro atoms. The predicted octanol–water partition coefficient (Wildman–Crippen LogP) is 6.85. The number of rotatable bonds is 7. The van der Waals surface area contributed by atoms with Gasteiger partial charge in [-0.25, -0.2) is 0 Å². The van der Waals surface area contributed by atoms with Crippen LogP contribution < -0.4 is 4.74 Å². The third-order valence-corrected chi connectivity index (χ3v) is 3.83. The molecule has 0 heterocycles. The fourth-order valence-electron chi connectivity index (χ4n) is 2.44. The number of hydrogen-bond donors (Lipinski definition) is 0. The lowest BCUT2D eigenvalue weighted by Gasteiger charge is -2.10. The van der Waals surface area contributed by atoms with Crippen molar-refractivity contribution in [3.8, 4) is 5.75 Å². The van der Waals surface area contributed by atoms with Gasteiger partial charge in [-0.05, 0) is 61.2 Å². The molecule has 0 aliphatic heterocycles. The molecule has 2 rings (SSSR count). The average molecular weight is 350 g/mol. The molecule has 0 saturated heterocycles. The van der Waals surface area contributed by atoms with Crippen molar-refractivity contribution in [3.63, 3.8) is 0 Å². The van der Waals surface area contributed by atoms with Gasteiger partial charge in [0.15, 0.2) is 0 Å². The molecule has 0 radical (unpaired) electrons. The Morgan fingerprint density at radius 2 is 1.73 bits per heavy atom. The van der Waals surface area contributed by atoms with Crippen LogP contribution in [0.15, 0.2) is 72.3 Å². The first kappa shape index (κ1) is 21.4. The summed E-state index contributed by atoms with van der Waals surface area (Å²) < 4.78 is 5.62. The van der Waals surface area contributed by atoms with E-state index < -0.39 is 0 Å². The number of ether oxygens (including phenoxy) is 1. The zero-order chi connectivity index (χ0) is 19.4. The van der Waals surface area contributed by atoms with Gasteiger partial charge in [0.05, 0.1) is 5.70 Å². The van der Waals surface area contributed by atoms with Crippen LogP contribution in [-0.4, -0.2) is 12.3 Å². The first-order chi connectivity index (χ1) is 12.7. The fourth-order valence-corrected chi connectivity index (χ4v) is 2.44. The van der Waals surface area contributed by atoms with Gasteiger partial charge in [0, 0.05) is 5.71 Å². The molecule has 138 valence electrons. The first-order valence-corrected chi connectivity index (χ1v) is 9.32. The van der Waals surface area contributed by atoms with Gasteiger partial charge < -0.3 is 4.74 Å². The van der Waals surface area contributed by atoms with Crippen LogP contribution in [0.1, 0.15) is 50.8 Å². The number of allylic oxidation sites excluding steroid dienone is 1.